The van der Waals surface area contributed by atoms with Crippen LogP contribution in [0.5, 0.6) is 0 Å². The molecule has 0 spiro atoms. The molecule has 1 amide bonds. The monoisotopic (exact) mass is 404 g/mol. The lowest BCUT2D eigenvalue weighted by atomic mass is 9.99. The molecule has 2 aliphatic rings. The van der Waals surface area contributed by atoms with Crippen molar-refractivity contribution >= 4 is 5.91 Å². The topological polar surface area (TPSA) is 32.8 Å². The molecule has 4 nitrogen and oxygen atoms in total. The van der Waals surface area contributed by atoms with Crippen molar-refractivity contribution in [2.24, 2.45) is 0 Å². The van der Waals surface area contributed by atoms with Crippen molar-refractivity contribution in [3.05, 3.63) is 83.9 Å². The maximum Gasteiger partial charge on any atom is 0.240 e. The van der Waals surface area contributed by atoms with E-state index in [0.717, 1.165) is 19.4 Å². The highest BCUT2D eigenvalue weighted by molar-refractivity contribution is 5.82. The minimum atomic E-state index is -0.499. The number of carbonyl (C=O) groups excluding carboxylic acids is 1. The van der Waals surface area contributed by atoms with Gasteiger partial charge in [-0.3, -0.25) is 9.69 Å². The zero-order chi connectivity index (χ0) is 21.0. The highest BCUT2D eigenvalue weighted by atomic mass is 16.5. The first-order valence-electron chi connectivity index (χ1n) is 11.0. The molecule has 0 aliphatic carbocycles. The van der Waals surface area contributed by atoms with Crippen molar-refractivity contribution in [3.8, 4) is 0 Å². The Kier molecular flexibility index (Phi) is 6.35. The van der Waals surface area contributed by atoms with Gasteiger partial charge in [0.25, 0.3) is 0 Å². The second-order valence-corrected chi connectivity index (χ2v) is 8.70. The molecule has 4 rings (SSSR count). The second-order valence-electron chi connectivity index (χ2n) is 8.70. The number of ether oxygens (including phenoxy) is 1. The van der Waals surface area contributed by atoms with Gasteiger partial charge in [0.1, 0.15) is 5.72 Å². The molecule has 0 aromatic heterocycles. The third-order valence-electron chi connectivity index (χ3n) is 6.21. The van der Waals surface area contributed by atoms with E-state index in [9.17, 15) is 4.79 Å². The standard InChI is InChI=1S/C26H32N2O2/c1-26(2)28(24(20-30-26)22-15-9-6-10-16-22)23-17-11-3-4-12-18-27(25(23)29)19-21-13-7-5-8-14-21/h3,5-11,13-16,23-24H,4,12,17-20H2,1-2H3/b11-3+/t23?,24-/m1/s1. The van der Waals surface area contributed by atoms with E-state index < -0.39 is 5.72 Å². The van der Waals surface area contributed by atoms with E-state index in [1.54, 1.807) is 0 Å². The summed E-state index contributed by atoms with van der Waals surface area (Å²) in [5.41, 5.74) is 1.88. The van der Waals surface area contributed by atoms with Crippen LogP contribution in [-0.2, 0) is 16.1 Å². The summed E-state index contributed by atoms with van der Waals surface area (Å²) in [5, 5.41) is 0. The second kappa shape index (κ2) is 9.15. The Morgan fingerprint density at radius 1 is 0.967 bits per heavy atom. The van der Waals surface area contributed by atoms with Crippen LogP contribution in [0.1, 0.15) is 50.3 Å². The number of hydrogen-bond acceptors (Lipinski definition) is 3. The summed E-state index contributed by atoms with van der Waals surface area (Å²) in [4.78, 5) is 18.3. The van der Waals surface area contributed by atoms with Crippen LogP contribution in [0.15, 0.2) is 72.8 Å². The van der Waals surface area contributed by atoms with E-state index in [1.807, 2.05) is 29.2 Å². The van der Waals surface area contributed by atoms with Crippen LogP contribution < -0.4 is 0 Å². The fraction of sp³-hybridized carbons (Fsp3) is 0.423. The zero-order valence-corrected chi connectivity index (χ0v) is 18.0. The number of benzene rings is 2. The van der Waals surface area contributed by atoms with Gasteiger partial charge in [-0.25, -0.2) is 0 Å². The van der Waals surface area contributed by atoms with Crippen molar-refractivity contribution in [2.45, 2.75) is 57.5 Å². The molecule has 1 unspecified atom stereocenters. The van der Waals surface area contributed by atoms with Crippen LogP contribution >= 0.6 is 0 Å². The Bertz CT molecular complexity index is 863. The fourth-order valence-corrected chi connectivity index (χ4v) is 4.70. The summed E-state index contributed by atoms with van der Waals surface area (Å²) < 4.78 is 6.21. The van der Waals surface area contributed by atoms with E-state index in [0.29, 0.717) is 19.6 Å². The van der Waals surface area contributed by atoms with Crippen molar-refractivity contribution in [1.29, 1.82) is 0 Å². The lowest BCUT2D eigenvalue weighted by Crippen LogP contribution is -2.54. The molecule has 1 saturated heterocycles. The molecule has 158 valence electrons. The minimum Gasteiger partial charge on any atom is -0.359 e. The molecule has 4 heteroatoms. The highest BCUT2D eigenvalue weighted by Gasteiger charge is 2.47. The first kappa shape index (κ1) is 20.8. The summed E-state index contributed by atoms with van der Waals surface area (Å²) in [7, 11) is 0. The average molecular weight is 405 g/mol. The first-order chi connectivity index (χ1) is 14.6. The van der Waals surface area contributed by atoms with E-state index in [2.05, 4.69) is 67.3 Å². The molecule has 0 saturated carbocycles. The Morgan fingerprint density at radius 3 is 2.40 bits per heavy atom. The molecule has 2 atom stereocenters. The average Bonchev–Trinajstić information content (AvgIpc) is 3.11. The van der Waals surface area contributed by atoms with Gasteiger partial charge in [0, 0.05) is 13.1 Å². The Hall–Kier alpha value is -2.43. The first-order valence-corrected chi connectivity index (χ1v) is 11.0. The van der Waals surface area contributed by atoms with Gasteiger partial charge in [-0.15, -0.1) is 0 Å². The van der Waals surface area contributed by atoms with Crippen LogP contribution in [0.4, 0.5) is 0 Å². The maximum atomic E-state index is 13.9. The van der Waals surface area contributed by atoms with Gasteiger partial charge >= 0.3 is 0 Å². The number of hydrogen-bond donors (Lipinski definition) is 0. The zero-order valence-electron chi connectivity index (χ0n) is 18.0. The van der Waals surface area contributed by atoms with Crippen LogP contribution in [0, 0.1) is 0 Å². The van der Waals surface area contributed by atoms with Gasteiger partial charge in [0.15, 0.2) is 0 Å². The van der Waals surface area contributed by atoms with Crippen molar-refractivity contribution < 1.29 is 9.53 Å². The molecule has 2 aromatic rings. The fourth-order valence-electron chi connectivity index (χ4n) is 4.70. The van der Waals surface area contributed by atoms with E-state index in [4.69, 9.17) is 4.74 Å². The summed E-state index contributed by atoms with van der Waals surface area (Å²) in [5.74, 6) is 0.199. The summed E-state index contributed by atoms with van der Waals surface area (Å²) in [6.45, 7) is 6.20. The van der Waals surface area contributed by atoms with Crippen LogP contribution in [0.25, 0.3) is 0 Å². The minimum absolute atomic E-state index is 0.0721. The molecule has 2 aromatic carbocycles. The molecule has 0 N–H and O–H groups in total. The highest BCUT2D eigenvalue weighted by Crippen LogP contribution is 2.40. The predicted molar refractivity (Wildman–Crippen MR) is 120 cm³/mol. The maximum absolute atomic E-state index is 13.9. The third kappa shape index (κ3) is 4.50. The lowest BCUT2D eigenvalue weighted by Gasteiger charge is -2.41. The molecule has 1 fully saturated rings. The van der Waals surface area contributed by atoms with Gasteiger partial charge < -0.3 is 9.64 Å². The van der Waals surface area contributed by atoms with Crippen molar-refractivity contribution in [3.63, 3.8) is 0 Å². The predicted octanol–water partition coefficient (Wildman–Crippen LogP) is 4.93. The molecule has 0 radical (unpaired) electrons. The Labute approximate surface area is 180 Å². The summed E-state index contributed by atoms with van der Waals surface area (Å²) in [6, 6.07) is 20.6. The molecular formula is C26H32N2O2. The normalized spacial score (nSPS) is 26.1. The number of carbonyl (C=O) groups is 1. The molecular weight excluding hydrogens is 372 g/mol. The smallest absolute Gasteiger partial charge is 0.240 e. The molecule has 30 heavy (non-hydrogen) atoms. The van der Waals surface area contributed by atoms with E-state index >= 15 is 0 Å². The van der Waals surface area contributed by atoms with Crippen molar-refractivity contribution in [2.75, 3.05) is 13.2 Å². The van der Waals surface area contributed by atoms with Gasteiger partial charge in [-0.2, -0.15) is 0 Å². The third-order valence-corrected chi connectivity index (χ3v) is 6.21. The quantitative estimate of drug-likeness (QED) is 0.677. The van der Waals surface area contributed by atoms with Gasteiger partial charge in [-0.1, -0.05) is 72.8 Å². The SMILES string of the molecule is CC1(C)OC[C@H](c2ccccc2)N1C1C/C=C/CCCN(Cc2ccccc2)C1=O. The number of nitrogens with zero attached hydrogens (tertiary/aromatic N) is 2. The molecule has 2 heterocycles. The molecule has 0 bridgehead atoms. The number of rotatable bonds is 4. The largest absolute Gasteiger partial charge is 0.359 e. The molecule has 2 aliphatic heterocycles. The summed E-state index contributed by atoms with van der Waals surface area (Å²) >= 11 is 0. The van der Waals surface area contributed by atoms with Gasteiger partial charge in [0.2, 0.25) is 5.91 Å². The van der Waals surface area contributed by atoms with Gasteiger partial charge in [-0.05, 0) is 44.2 Å². The van der Waals surface area contributed by atoms with Gasteiger partial charge in [0.05, 0.1) is 18.7 Å². The Morgan fingerprint density at radius 2 is 1.67 bits per heavy atom. The summed E-state index contributed by atoms with van der Waals surface area (Å²) in [6.07, 6.45) is 7.12. The van der Waals surface area contributed by atoms with Crippen LogP contribution in [0.2, 0.25) is 0 Å². The van der Waals surface area contributed by atoms with Crippen molar-refractivity contribution in [1.82, 2.24) is 9.80 Å². The van der Waals surface area contributed by atoms with E-state index in [1.165, 1.54) is 11.1 Å². The number of amides is 1. The lowest BCUT2D eigenvalue weighted by molar-refractivity contribution is -0.146. The number of allylic oxidation sites excluding steroid dienone is 1. The van der Waals surface area contributed by atoms with E-state index in [-0.39, 0.29) is 18.0 Å². The van der Waals surface area contributed by atoms with Crippen LogP contribution in [0.3, 0.4) is 0 Å². The van der Waals surface area contributed by atoms with Crippen LogP contribution in [-0.4, -0.2) is 40.6 Å². The Balaban J connectivity index is 1.66.